The number of rotatable bonds is 7. The minimum absolute atomic E-state index is 0.160. The minimum Gasteiger partial charge on any atom is -0.481 e. The van der Waals surface area contributed by atoms with Crippen LogP contribution in [0.3, 0.4) is 0 Å². The summed E-state index contributed by atoms with van der Waals surface area (Å²) >= 11 is 0. The van der Waals surface area contributed by atoms with Gasteiger partial charge >= 0.3 is 5.97 Å². The van der Waals surface area contributed by atoms with Crippen LogP contribution in [0, 0.1) is 5.92 Å². The molecule has 94 valence electrons. The highest BCUT2D eigenvalue weighted by atomic mass is 16.5. The van der Waals surface area contributed by atoms with Gasteiger partial charge in [0.25, 0.3) is 0 Å². The van der Waals surface area contributed by atoms with Crippen molar-refractivity contribution < 1.29 is 14.6 Å². The zero-order valence-electron chi connectivity index (χ0n) is 10.2. The average molecular weight is 230 g/mol. The van der Waals surface area contributed by atoms with Crippen LogP contribution in [-0.2, 0) is 9.53 Å². The number of ether oxygens (including phenoxy) is 1. The van der Waals surface area contributed by atoms with Gasteiger partial charge in [-0.15, -0.1) is 0 Å². The maximum atomic E-state index is 10.8. The summed E-state index contributed by atoms with van der Waals surface area (Å²) in [6.07, 6.45) is 0.160. The van der Waals surface area contributed by atoms with Gasteiger partial charge in [0.05, 0.1) is 18.6 Å². The van der Waals surface area contributed by atoms with E-state index in [0.29, 0.717) is 25.6 Å². The quantitative estimate of drug-likeness (QED) is 0.577. The fourth-order valence-electron chi connectivity index (χ4n) is 1.97. The molecular weight excluding hydrogens is 208 g/mol. The Kier molecular flexibility index (Phi) is 4.70. The number of nitrogens with one attached hydrogen (secondary N) is 2. The summed E-state index contributed by atoms with van der Waals surface area (Å²) < 4.78 is 5.15. The van der Waals surface area contributed by atoms with E-state index in [1.165, 1.54) is 0 Å². The second kappa shape index (κ2) is 5.61. The number of methoxy groups -OCH3 is 1. The van der Waals surface area contributed by atoms with Crippen molar-refractivity contribution in [2.24, 2.45) is 5.92 Å². The van der Waals surface area contributed by atoms with Crippen LogP contribution in [0.4, 0.5) is 0 Å². The van der Waals surface area contributed by atoms with Gasteiger partial charge in [0.2, 0.25) is 0 Å². The normalized spacial score (nSPS) is 20.5. The summed E-state index contributed by atoms with van der Waals surface area (Å²) in [7, 11) is 1.67. The third kappa shape index (κ3) is 3.43. The molecule has 0 aliphatic carbocycles. The lowest BCUT2D eigenvalue weighted by atomic mass is 9.86. The highest BCUT2D eigenvalue weighted by molar-refractivity contribution is 5.68. The van der Waals surface area contributed by atoms with Crippen LogP contribution in [0.1, 0.15) is 20.3 Å². The average Bonchev–Trinajstić information content (AvgIpc) is 2.12. The van der Waals surface area contributed by atoms with Crippen LogP contribution in [0.5, 0.6) is 0 Å². The van der Waals surface area contributed by atoms with E-state index in [9.17, 15) is 4.79 Å². The van der Waals surface area contributed by atoms with E-state index in [1.54, 1.807) is 7.11 Å². The molecule has 1 fully saturated rings. The monoisotopic (exact) mass is 230 g/mol. The third-order valence-corrected chi connectivity index (χ3v) is 3.06. The van der Waals surface area contributed by atoms with E-state index in [0.717, 1.165) is 0 Å². The maximum Gasteiger partial charge on any atom is 0.305 e. The molecule has 0 aromatic heterocycles. The molecule has 0 radical (unpaired) electrons. The molecule has 1 heterocycles. The van der Waals surface area contributed by atoms with Crippen LogP contribution in [-0.4, -0.2) is 49.5 Å². The molecule has 0 aromatic carbocycles. The number of carboxylic acids is 1. The zero-order valence-corrected chi connectivity index (χ0v) is 10.2. The molecule has 5 heteroatoms. The fraction of sp³-hybridized carbons (Fsp3) is 0.909. The molecule has 0 aromatic rings. The lowest BCUT2D eigenvalue weighted by Gasteiger charge is -2.45. The van der Waals surface area contributed by atoms with Crippen molar-refractivity contribution >= 4 is 5.97 Å². The molecule has 3 N–H and O–H groups in total. The van der Waals surface area contributed by atoms with Gasteiger partial charge in [-0.25, -0.2) is 0 Å². The molecule has 5 nitrogen and oxygen atoms in total. The Morgan fingerprint density at radius 3 is 2.50 bits per heavy atom. The van der Waals surface area contributed by atoms with Crippen molar-refractivity contribution in [3.8, 4) is 0 Å². The predicted octanol–water partition coefficient (Wildman–Crippen LogP) is 0.0637. The minimum atomic E-state index is -0.756. The molecule has 0 spiro atoms. The first-order chi connectivity index (χ1) is 7.49. The van der Waals surface area contributed by atoms with Crippen LogP contribution in [0.25, 0.3) is 0 Å². The van der Waals surface area contributed by atoms with E-state index >= 15 is 0 Å². The van der Waals surface area contributed by atoms with Gasteiger partial charge in [0, 0.05) is 26.2 Å². The Labute approximate surface area is 96.6 Å². The molecule has 0 amide bonds. The van der Waals surface area contributed by atoms with Crippen molar-refractivity contribution in [2.45, 2.75) is 31.8 Å². The summed E-state index contributed by atoms with van der Waals surface area (Å²) in [5.74, 6) is -0.333. The first-order valence-electron chi connectivity index (χ1n) is 5.68. The Morgan fingerprint density at radius 1 is 1.56 bits per heavy atom. The Bertz CT molecular complexity index is 239. The van der Waals surface area contributed by atoms with E-state index in [2.05, 4.69) is 24.5 Å². The van der Waals surface area contributed by atoms with E-state index in [-0.39, 0.29) is 18.0 Å². The lowest BCUT2D eigenvalue weighted by molar-refractivity contribution is -0.139. The van der Waals surface area contributed by atoms with Crippen molar-refractivity contribution in [3.63, 3.8) is 0 Å². The molecule has 1 rings (SSSR count). The van der Waals surface area contributed by atoms with E-state index in [4.69, 9.17) is 9.84 Å². The number of carbonyl (C=O) groups is 1. The summed E-state index contributed by atoms with van der Waals surface area (Å²) in [4.78, 5) is 10.8. The fourth-order valence-corrected chi connectivity index (χ4v) is 1.97. The van der Waals surface area contributed by atoms with Crippen LogP contribution >= 0.6 is 0 Å². The molecule has 1 unspecified atom stereocenters. The van der Waals surface area contributed by atoms with Crippen LogP contribution in [0.2, 0.25) is 0 Å². The summed E-state index contributed by atoms with van der Waals surface area (Å²) in [5.41, 5.74) is -0.292. The molecular formula is C11H22N2O3. The molecule has 16 heavy (non-hydrogen) atoms. The summed E-state index contributed by atoms with van der Waals surface area (Å²) in [6, 6.07) is 0.200. The van der Waals surface area contributed by atoms with Gasteiger partial charge in [0.1, 0.15) is 0 Å². The highest BCUT2D eigenvalue weighted by Crippen LogP contribution is 2.19. The van der Waals surface area contributed by atoms with Crippen molar-refractivity contribution in [2.75, 3.05) is 26.8 Å². The SMILES string of the molecule is COCC(NC1(CC(=O)O)CNC1)C(C)C. The van der Waals surface area contributed by atoms with Gasteiger partial charge in [-0.05, 0) is 5.92 Å². The topological polar surface area (TPSA) is 70.6 Å². The molecule has 1 saturated heterocycles. The van der Waals surface area contributed by atoms with Crippen molar-refractivity contribution in [1.82, 2.24) is 10.6 Å². The Balaban J connectivity index is 2.56. The summed E-state index contributed by atoms with van der Waals surface area (Å²) in [5, 5.41) is 15.5. The molecule has 1 aliphatic rings. The number of carboxylic acid groups (broad SMARTS) is 1. The molecule has 0 saturated carbocycles. The van der Waals surface area contributed by atoms with E-state index in [1.807, 2.05) is 0 Å². The van der Waals surface area contributed by atoms with Crippen LogP contribution in [0.15, 0.2) is 0 Å². The molecule has 1 atom stereocenters. The number of aliphatic carboxylic acids is 1. The zero-order chi connectivity index (χ0) is 12.2. The van der Waals surface area contributed by atoms with Crippen molar-refractivity contribution in [1.29, 1.82) is 0 Å². The first kappa shape index (κ1) is 13.4. The first-order valence-corrected chi connectivity index (χ1v) is 5.68. The van der Waals surface area contributed by atoms with Gasteiger partial charge < -0.3 is 20.5 Å². The highest BCUT2D eigenvalue weighted by Gasteiger charge is 2.40. The number of hydrogen-bond acceptors (Lipinski definition) is 4. The van der Waals surface area contributed by atoms with E-state index < -0.39 is 5.97 Å². The molecule has 1 aliphatic heterocycles. The summed E-state index contributed by atoms with van der Waals surface area (Å²) in [6.45, 7) is 6.26. The second-order valence-electron chi connectivity index (χ2n) is 4.90. The maximum absolute atomic E-state index is 10.8. The number of hydrogen-bond donors (Lipinski definition) is 3. The standard InChI is InChI=1S/C11H22N2O3/c1-8(2)9(5-16-3)13-11(4-10(14)15)6-12-7-11/h8-9,12-13H,4-7H2,1-3H3,(H,14,15). The lowest BCUT2D eigenvalue weighted by Crippen LogP contribution is -2.71. The van der Waals surface area contributed by atoms with Crippen molar-refractivity contribution in [3.05, 3.63) is 0 Å². The third-order valence-electron chi connectivity index (χ3n) is 3.06. The van der Waals surface area contributed by atoms with Crippen LogP contribution < -0.4 is 10.6 Å². The van der Waals surface area contributed by atoms with Gasteiger partial charge in [0.15, 0.2) is 0 Å². The van der Waals surface area contributed by atoms with Gasteiger partial charge in [-0.2, -0.15) is 0 Å². The predicted molar refractivity (Wildman–Crippen MR) is 61.5 cm³/mol. The van der Waals surface area contributed by atoms with Gasteiger partial charge in [-0.3, -0.25) is 4.79 Å². The Hall–Kier alpha value is -0.650. The Morgan fingerprint density at radius 2 is 2.19 bits per heavy atom. The second-order valence-corrected chi connectivity index (χ2v) is 4.90. The molecule has 0 bridgehead atoms. The largest absolute Gasteiger partial charge is 0.481 e. The smallest absolute Gasteiger partial charge is 0.305 e. The van der Waals surface area contributed by atoms with Gasteiger partial charge in [-0.1, -0.05) is 13.8 Å².